The first-order valence-electron chi connectivity index (χ1n) is 4.71. The molecule has 0 aromatic rings. The summed E-state index contributed by atoms with van der Waals surface area (Å²) >= 11 is 0. The number of nitrogens with one attached hydrogen (secondary N) is 1. The molecule has 0 aliphatic carbocycles. The standard InChI is InChI=1S/C10H18N2O2/c1-8(2)14-6-5-12-9(13)10(3,4)7-11/h8H,5-6H2,1-4H3,(H,12,13). The van der Waals surface area contributed by atoms with Crippen molar-refractivity contribution in [3.8, 4) is 6.07 Å². The Morgan fingerprint density at radius 2 is 2.14 bits per heavy atom. The molecule has 14 heavy (non-hydrogen) atoms. The van der Waals surface area contributed by atoms with Crippen molar-refractivity contribution in [2.75, 3.05) is 13.2 Å². The molecular weight excluding hydrogens is 180 g/mol. The van der Waals surface area contributed by atoms with E-state index in [0.29, 0.717) is 13.2 Å². The zero-order valence-corrected chi connectivity index (χ0v) is 9.26. The summed E-state index contributed by atoms with van der Waals surface area (Å²) in [7, 11) is 0. The van der Waals surface area contributed by atoms with E-state index in [-0.39, 0.29) is 12.0 Å². The second-order valence-electron chi connectivity index (χ2n) is 3.91. The monoisotopic (exact) mass is 198 g/mol. The van der Waals surface area contributed by atoms with Crippen LogP contribution in [0.15, 0.2) is 0 Å². The molecule has 0 unspecified atom stereocenters. The van der Waals surface area contributed by atoms with E-state index in [1.165, 1.54) is 0 Å². The molecule has 80 valence electrons. The van der Waals surface area contributed by atoms with E-state index in [0.717, 1.165) is 0 Å². The number of nitrogens with zero attached hydrogens (tertiary/aromatic N) is 1. The first-order chi connectivity index (χ1) is 6.40. The number of carbonyl (C=O) groups excluding carboxylic acids is 1. The van der Waals surface area contributed by atoms with Gasteiger partial charge in [-0.3, -0.25) is 4.79 Å². The highest BCUT2D eigenvalue weighted by molar-refractivity contribution is 5.84. The van der Waals surface area contributed by atoms with Crippen LogP contribution in [0.2, 0.25) is 0 Å². The van der Waals surface area contributed by atoms with E-state index in [1.807, 2.05) is 19.9 Å². The number of nitriles is 1. The van der Waals surface area contributed by atoms with Crippen LogP contribution in [0.1, 0.15) is 27.7 Å². The Hall–Kier alpha value is -1.08. The molecule has 4 nitrogen and oxygen atoms in total. The predicted octanol–water partition coefficient (Wildman–Crippen LogP) is 1.08. The van der Waals surface area contributed by atoms with E-state index >= 15 is 0 Å². The summed E-state index contributed by atoms with van der Waals surface area (Å²) in [5.74, 6) is -0.257. The zero-order valence-electron chi connectivity index (χ0n) is 9.26. The summed E-state index contributed by atoms with van der Waals surface area (Å²) in [6, 6.07) is 1.94. The van der Waals surface area contributed by atoms with Gasteiger partial charge in [-0.05, 0) is 27.7 Å². The fraction of sp³-hybridized carbons (Fsp3) is 0.800. The molecule has 0 fully saturated rings. The van der Waals surface area contributed by atoms with Crippen LogP contribution >= 0.6 is 0 Å². The van der Waals surface area contributed by atoms with Gasteiger partial charge in [-0.1, -0.05) is 0 Å². The Bertz CT molecular complexity index is 229. The summed E-state index contributed by atoms with van der Waals surface area (Å²) in [6.45, 7) is 7.96. The third-order valence-electron chi connectivity index (χ3n) is 1.69. The first kappa shape index (κ1) is 12.9. The van der Waals surface area contributed by atoms with Crippen LogP contribution in [0.3, 0.4) is 0 Å². The minimum Gasteiger partial charge on any atom is -0.377 e. The Kier molecular flexibility index (Phi) is 5.18. The molecule has 0 aromatic carbocycles. The normalized spacial score (nSPS) is 11.1. The minimum absolute atomic E-state index is 0.163. The van der Waals surface area contributed by atoms with Gasteiger partial charge in [0.15, 0.2) is 0 Å². The Morgan fingerprint density at radius 1 is 1.57 bits per heavy atom. The summed E-state index contributed by atoms with van der Waals surface area (Å²) in [6.07, 6.45) is 0.163. The molecule has 4 heteroatoms. The maximum Gasteiger partial charge on any atom is 0.239 e. The second-order valence-corrected chi connectivity index (χ2v) is 3.91. The summed E-state index contributed by atoms with van der Waals surface area (Å²) < 4.78 is 5.24. The average Bonchev–Trinajstić information content (AvgIpc) is 2.11. The van der Waals surface area contributed by atoms with Gasteiger partial charge in [-0.25, -0.2) is 0 Å². The minimum atomic E-state index is -0.960. The quantitative estimate of drug-likeness (QED) is 0.672. The predicted molar refractivity (Wildman–Crippen MR) is 53.5 cm³/mol. The molecule has 0 saturated carbocycles. The molecule has 0 aliphatic heterocycles. The highest BCUT2D eigenvalue weighted by atomic mass is 16.5. The van der Waals surface area contributed by atoms with Gasteiger partial charge >= 0.3 is 0 Å². The molecule has 1 N–H and O–H groups in total. The summed E-state index contributed by atoms with van der Waals surface area (Å²) in [5, 5.41) is 11.3. The van der Waals surface area contributed by atoms with Crippen molar-refractivity contribution in [1.82, 2.24) is 5.32 Å². The molecule has 0 radical (unpaired) electrons. The van der Waals surface area contributed by atoms with E-state index in [2.05, 4.69) is 5.32 Å². The van der Waals surface area contributed by atoms with Gasteiger partial charge in [0.25, 0.3) is 0 Å². The van der Waals surface area contributed by atoms with Gasteiger partial charge in [0, 0.05) is 6.54 Å². The number of amides is 1. The van der Waals surface area contributed by atoms with Gasteiger partial charge in [0.1, 0.15) is 5.41 Å². The molecule has 1 amide bonds. The molecule has 0 saturated heterocycles. The highest BCUT2D eigenvalue weighted by Crippen LogP contribution is 2.12. The molecule has 0 rings (SSSR count). The van der Waals surface area contributed by atoms with Gasteiger partial charge in [0.05, 0.1) is 18.8 Å². The lowest BCUT2D eigenvalue weighted by Gasteiger charge is -2.15. The highest BCUT2D eigenvalue weighted by Gasteiger charge is 2.26. The number of hydrogen-bond donors (Lipinski definition) is 1. The maximum atomic E-state index is 11.4. The third kappa shape index (κ3) is 4.83. The molecule has 0 aromatic heterocycles. The molecule has 0 spiro atoms. The first-order valence-corrected chi connectivity index (χ1v) is 4.71. The van der Waals surface area contributed by atoms with Crippen LogP contribution in [-0.4, -0.2) is 25.2 Å². The number of carbonyl (C=O) groups is 1. The number of ether oxygens (including phenoxy) is 1. The lowest BCUT2D eigenvalue weighted by atomic mass is 9.95. The lowest BCUT2D eigenvalue weighted by molar-refractivity contribution is -0.127. The van der Waals surface area contributed by atoms with Crippen molar-refractivity contribution in [2.45, 2.75) is 33.8 Å². The Balaban J connectivity index is 3.72. The van der Waals surface area contributed by atoms with Crippen molar-refractivity contribution in [2.24, 2.45) is 5.41 Å². The smallest absolute Gasteiger partial charge is 0.239 e. The summed E-state index contributed by atoms with van der Waals surface area (Å²) in [5.41, 5.74) is -0.960. The van der Waals surface area contributed by atoms with Crippen LogP contribution in [-0.2, 0) is 9.53 Å². The van der Waals surface area contributed by atoms with E-state index in [1.54, 1.807) is 13.8 Å². The largest absolute Gasteiger partial charge is 0.377 e. The van der Waals surface area contributed by atoms with Crippen molar-refractivity contribution in [3.63, 3.8) is 0 Å². The van der Waals surface area contributed by atoms with Gasteiger partial charge in [0.2, 0.25) is 5.91 Å². The van der Waals surface area contributed by atoms with Crippen molar-refractivity contribution < 1.29 is 9.53 Å². The van der Waals surface area contributed by atoms with Gasteiger partial charge in [-0.15, -0.1) is 0 Å². The average molecular weight is 198 g/mol. The van der Waals surface area contributed by atoms with E-state index < -0.39 is 5.41 Å². The Labute approximate surface area is 85.2 Å². The van der Waals surface area contributed by atoms with Crippen molar-refractivity contribution in [1.29, 1.82) is 5.26 Å². The fourth-order valence-electron chi connectivity index (χ4n) is 0.731. The third-order valence-corrected chi connectivity index (χ3v) is 1.69. The molecule has 0 heterocycles. The van der Waals surface area contributed by atoms with Crippen LogP contribution < -0.4 is 5.32 Å². The van der Waals surface area contributed by atoms with E-state index in [4.69, 9.17) is 10.00 Å². The Morgan fingerprint density at radius 3 is 2.57 bits per heavy atom. The molecule has 0 bridgehead atoms. The van der Waals surface area contributed by atoms with E-state index in [9.17, 15) is 4.79 Å². The SMILES string of the molecule is CC(C)OCCNC(=O)C(C)(C)C#N. The number of rotatable bonds is 5. The molecular formula is C10H18N2O2. The number of hydrogen-bond acceptors (Lipinski definition) is 3. The fourth-order valence-corrected chi connectivity index (χ4v) is 0.731. The van der Waals surface area contributed by atoms with Crippen LogP contribution in [0.4, 0.5) is 0 Å². The zero-order chi connectivity index (χ0) is 11.2. The lowest BCUT2D eigenvalue weighted by Crippen LogP contribution is -2.37. The molecule has 0 atom stereocenters. The van der Waals surface area contributed by atoms with Gasteiger partial charge < -0.3 is 10.1 Å². The van der Waals surface area contributed by atoms with Crippen molar-refractivity contribution >= 4 is 5.91 Å². The van der Waals surface area contributed by atoms with Crippen LogP contribution in [0, 0.1) is 16.7 Å². The topological polar surface area (TPSA) is 62.1 Å². The van der Waals surface area contributed by atoms with Gasteiger partial charge in [-0.2, -0.15) is 5.26 Å². The second kappa shape index (κ2) is 5.61. The molecule has 0 aliphatic rings. The summed E-state index contributed by atoms with van der Waals surface area (Å²) in [4.78, 5) is 11.4. The maximum absolute atomic E-state index is 11.4. The van der Waals surface area contributed by atoms with Crippen LogP contribution in [0.5, 0.6) is 0 Å². The van der Waals surface area contributed by atoms with Crippen molar-refractivity contribution in [3.05, 3.63) is 0 Å². The van der Waals surface area contributed by atoms with Crippen LogP contribution in [0.25, 0.3) is 0 Å².